The van der Waals surface area contributed by atoms with Gasteiger partial charge in [-0.05, 0) is 33.0 Å². The first-order chi connectivity index (χ1) is 10.9. The second-order valence-electron chi connectivity index (χ2n) is 5.98. The molecule has 1 aromatic heterocycles. The van der Waals surface area contributed by atoms with Crippen molar-refractivity contribution < 1.29 is 14.6 Å². The number of pyridine rings is 1. The van der Waals surface area contributed by atoms with Crippen molar-refractivity contribution in [1.82, 2.24) is 15.2 Å². The monoisotopic (exact) mass is 318 g/mol. The molecule has 0 saturated carbocycles. The van der Waals surface area contributed by atoms with E-state index in [2.05, 4.69) is 10.3 Å². The van der Waals surface area contributed by atoms with Gasteiger partial charge >= 0.3 is 0 Å². The van der Waals surface area contributed by atoms with E-state index < -0.39 is 5.54 Å². The SMILES string of the molecule is Cc1nc(C#N)ccc1C(=O)NC[C@]1(CO)COC[C@@H](C)N1C. The van der Waals surface area contributed by atoms with E-state index in [0.29, 0.717) is 24.5 Å². The van der Waals surface area contributed by atoms with Crippen LogP contribution >= 0.6 is 0 Å². The molecular weight excluding hydrogens is 296 g/mol. The molecule has 2 heterocycles. The molecule has 2 atom stereocenters. The van der Waals surface area contributed by atoms with Gasteiger partial charge in [-0.3, -0.25) is 9.69 Å². The number of nitrogens with zero attached hydrogens (tertiary/aromatic N) is 3. The highest BCUT2D eigenvalue weighted by molar-refractivity contribution is 5.95. The fraction of sp³-hybridized carbons (Fsp3) is 0.562. The van der Waals surface area contributed by atoms with Crippen molar-refractivity contribution in [3.05, 3.63) is 29.1 Å². The summed E-state index contributed by atoms with van der Waals surface area (Å²) in [6.45, 7) is 4.82. The quantitative estimate of drug-likeness (QED) is 0.815. The van der Waals surface area contributed by atoms with Crippen molar-refractivity contribution >= 4 is 5.91 Å². The van der Waals surface area contributed by atoms with Crippen LogP contribution in [0.25, 0.3) is 0 Å². The molecule has 0 bridgehead atoms. The maximum atomic E-state index is 12.4. The number of nitriles is 1. The van der Waals surface area contributed by atoms with Gasteiger partial charge in [0.1, 0.15) is 11.8 Å². The van der Waals surface area contributed by atoms with Crippen molar-refractivity contribution in [2.45, 2.75) is 25.4 Å². The molecule has 1 saturated heterocycles. The van der Waals surface area contributed by atoms with E-state index >= 15 is 0 Å². The van der Waals surface area contributed by atoms with Gasteiger partial charge in [-0.2, -0.15) is 5.26 Å². The molecule has 7 heteroatoms. The number of nitrogens with one attached hydrogen (secondary N) is 1. The molecule has 0 aliphatic carbocycles. The molecule has 1 aliphatic rings. The standard InChI is InChI=1S/C16H22N4O3/c1-11-7-23-10-16(9-21,20(11)3)8-18-15(22)14-5-4-13(6-17)19-12(14)2/h4-5,11,21H,7-10H2,1-3H3,(H,18,22)/t11-,16+/m1/s1. The van der Waals surface area contributed by atoms with Crippen molar-refractivity contribution in [3.63, 3.8) is 0 Å². The molecule has 124 valence electrons. The first-order valence-electron chi connectivity index (χ1n) is 7.51. The van der Waals surface area contributed by atoms with Gasteiger partial charge in [0.15, 0.2) is 0 Å². The van der Waals surface area contributed by atoms with Gasteiger partial charge in [0.25, 0.3) is 5.91 Å². The molecule has 1 amide bonds. The summed E-state index contributed by atoms with van der Waals surface area (Å²) in [7, 11) is 1.92. The minimum atomic E-state index is -0.638. The summed E-state index contributed by atoms with van der Waals surface area (Å²) >= 11 is 0. The molecule has 1 aliphatic heterocycles. The van der Waals surface area contributed by atoms with Gasteiger partial charge in [0.2, 0.25) is 0 Å². The van der Waals surface area contributed by atoms with Crippen LogP contribution in [0.2, 0.25) is 0 Å². The second-order valence-corrected chi connectivity index (χ2v) is 5.98. The zero-order valence-corrected chi connectivity index (χ0v) is 13.7. The summed E-state index contributed by atoms with van der Waals surface area (Å²) < 4.78 is 5.55. The lowest BCUT2D eigenvalue weighted by molar-refractivity contribution is -0.105. The number of hydrogen-bond donors (Lipinski definition) is 2. The molecule has 0 spiro atoms. The van der Waals surface area contributed by atoms with Crippen LogP contribution in [-0.2, 0) is 4.74 Å². The second kappa shape index (κ2) is 7.04. The van der Waals surface area contributed by atoms with Crippen LogP contribution in [0, 0.1) is 18.3 Å². The summed E-state index contributed by atoms with van der Waals surface area (Å²) in [5.74, 6) is -0.279. The molecule has 0 aromatic carbocycles. The lowest BCUT2D eigenvalue weighted by Gasteiger charge is -2.47. The topological polar surface area (TPSA) is 98.5 Å². The Balaban J connectivity index is 2.10. The van der Waals surface area contributed by atoms with E-state index in [9.17, 15) is 9.90 Å². The third-order valence-electron chi connectivity index (χ3n) is 4.46. The summed E-state index contributed by atoms with van der Waals surface area (Å²) in [5, 5.41) is 21.5. The molecule has 2 N–H and O–H groups in total. The summed E-state index contributed by atoms with van der Waals surface area (Å²) in [6.07, 6.45) is 0. The van der Waals surface area contributed by atoms with Crippen LogP contribution in [0.5, 0.6) is 0 Å². The summed E-state index contributed by atoms with van der Waals surface area (Å²) in [4.78, 5) is 18.5. The summed E-state index contributed by atoms with van der Waals surface area (Å²) in [6, 6.07) is 5.21. The number of aromatic nitrogens is 1. The Morgan fingerprint density at radius 2 is 2.39 bits per heavy atom. The molecule has 23 heavy (non-hydrogen) atoms. The highest BCUT2D eigenvalue weighted by atomic mass is 16.5. The minimum absolute atomic E-state index is 0.112. The van der Waals surface area contributed by atoms with Gasteiger partial charge in [-0.15, -0.1) is 0 Å². The smallest absolute Gasteiger partial charge is 0.253 e. The lowest BCUT2D eigenvalue weighted by atomic mass is 9.95. The number of aryl methyl sites for hydroxylation is 1. The predicted molar refractivity (Wildman–Crippen MR) is 83.9 cm³/mol. The van der Waals surface area contributed by atoms with Crippen LogP contribution < -0.4 is 5.32 Å². The van der Waals surface area contributed by atoms with E-state index in [0.717, 1.165) is 0 Å². The lowest BCUT2D eigenvalue weighted by Crippen LogP contribution is -2.65. The van der Waals surface area contributed by atoms with Gasteiger partial charge in [0, 0.05) is 12.6 Å². The Labute approximate surface area is 135 Å². The first kappa shape index (κ1) is 17.3. The van der Waals surface area contributed by atoms with Crippen LogP contribution in [0.4, 0.5) is 0 Å². The highest BCUT2D eigenvalue weighted by Gasteiger charge is 2.40. The average molecular weight is 318 g/mol. The number of ether oxygens (including phenoxy) is 1. The largest absolute Gasteiger partial charge is 0.394 e. The maximum Gasteiger partial charge on any atom is 0.253 e. The molecule has 0 unspecified atom stereocenters. The third kappa shape index (κ3) is 3.50. The molecule has 1 aromatic rings. The van der Waals surface area contributed by atoms with Crippen molar-refractivity contribution in [2.75, 3.05) is 33.4 Å². The maximum absolute atomic E-state index is 12.4. The Bertz CT molecular complexity index is 628. The zero-order chi connectivity index (χ0) is 17.0. The van der Waals surface area contributed by atoms with Gasteiger partial charge in [0.05, 0.1) is 36.6 Å². The van der Waals surface area contributed by atoms with Crippen molar-refractivity contribution in [3.8, 4) is 6.07 Å². The number of aliphatic hydroxyl groups excluding tert-OH is 1. The first-order valence-corrected chi connectivity index (χ1v) is 7.51. The number of morpholine rings is 1. The average Bonchev–Trinajstić information content (AvgIpc) is 2.56. The number of aliphatic hydroxyl groups is 1. The highest BCUT2D eigenvalue weighted by Crippen LogP contribution is 2.21. The van der Waals surface area contributed by atoms with Gasteiger partial charge in [-0.1, -0.05) is 0 Å². The van der Waals surface area contributed by atoms with E-state index in [-0.39, 0.29) is 30.8 Å². The molecule has 2 rings (SSSR count). The molecule has 0 radical (unpaired) electrons. The van der Waals surface area contributed by atoms with Gasteiger partial charge in [-0.25, -0.2) is 4.98 Å². The van der Waals surface area contributed by atoms with E-state index in [4.69, 9.17) is 10.00 Å². The van der Waals surface area contributed by atoms with Crippen LogP contribution in [0.15, 0.2) is 12.1 Å². The minimum Gasteiger partial charge on any atom is -0.394 e. The normalized spacial score (nSPS) is 24.9. The number of amides is 1. The predicted octanol–water partition coefficient (Wildman–Crippen LogP) is 0.0731. The van der Waals surface area contributed by atoms with Crippen LogP contribution in [0.3, 0.4) is 0 Å². The van der Waals surface area contributed by atoms with Gasteiger partial charge < -0.3 is 15.2 Å². The Kier molecular flexibility index (Phi) is 5.31. The fourth-order valence-electron chi connectivity index (χ4n) is 2.69. The fourth-order valence-corrected chi connectivity index (χ4v) is 2.69. The molecular formula is C16H22N4O3. The number of rotatable bonds is 4. The van der Waals surface area contributed by atoms with E-state index in [1.165, 1.54) is 6.07 Å². The van der Waals surface area contributed by atoms with Crippen molar-refractivity contribution in [2.24, 2.45) is 0 Å². The van der Waals surface area contributed by atoms with Crippen LogP contribution in [0.1, 0.15) is 28.7 Å². The van der Waals surface area contributed by atoms with Crippen molar-refractivity contribution in [1.29, 1.82) is 5.26 Å². The Morgan fingerprint density at radius 3 is 3.00 bits per heavy atom. The van der Waals surface area contributed by atoms with Crippen LogP contribution in [-0.4, -0.2) is 65.9 Å². The molecule has 1 fully saturated rings. The Morgan fingerprint density at radius 1 is 1.65 bits per heavy atom. The van der Waals surface area contributed by atoms with E-state index in [1.54, 1.807) is 13.0 Å². The Hall–Kier alpha value is -2.01. The molecule has 7 nitrogen and oxygen atoms in total. The summed E-state index contributed by atoms with van der Waals surface area (Å²) in [5.41, 5.74) is 0.562. The number of carbonyl (C=O) groups is 1. The number of carbonyl (C=O) groups excluding carboxylic acids is 1. The zero-order valence-electron chi connectivity index (χ0n) is 13.7. The number of likely N-dealkylation sites (N-methyl/N-ethyl adjacent to an activating group) is 1. The number of hydrogen-bond acceptors (Lipinski definition) is 6. The van der Waals surface area contributed by atoms with E-state index in [1.807, 2.05) is 24.9 Å². The third-order valence-corrected chi connectivity index (χ3v) is 4.46.